The Morgan fingerprint density at radius 1 is 0.571 bits per heavy atom. The third-order valence-electron chi connectivity index (χ3n) is 1.99. The second kappa shape index (κ2) is 120. The number of rotatable bonds is 10. The van der Waals surface area contributed by atoms with E-state index in [1.54, 1.807) is 0 Å². The summed E-state index contributed by atoms with van der Waals surface area (Å²) in [5.41, 5.74) is 0. The van der Waals surface area contributed by atoms with Crippen molar-refractivity contribution in [1.29, 1.82) is 0 Å². The fourth-order valence-electron chi connectivity index (χ4n) is 1.07. The van der Waals surface area contributed by atoms with Gasteiger partial charge in [-0.25, -0.2) is 4.18 Å². The molecule has 0 aliphatic rings. The van der Waals surface area contributed by atoms with E-state index in [1.165, 1.54) is 0 Å². The largest absolute Gasteiger partial charge is 0.397 e. The normalized spacial score (nSPS) is 6.91. The van der Waals surface area contributed by atoms with Gasteiger partial charge in [0.1, 0.15) is 0 Å². The number of aliphatic hydroxyl groups excluding tert-OH is 2. The van der Waals surface area contributed by atoms with Gasteiger partial charge in [0.15, 0.2) is 0 Å². The highest BCUT2D eigenvalue weighted by Crippen LogP contribution is 2.02. The Balaban J connectivity index is -0.0000000288. The lowest BCUT2D eigenvalue weighted by atomic mass is 10.2. The van der Waals surface area contributed by atoms with Gasteiger partial charge < -0.3 is 14.9 Å². The minimum Gasteiger partial charge on any atom is -0.394 e. The maximum absolute atomic E-state index is 10.1. The summed E-state index contributed by atoms with van der Waals surface area (Å²) < 4.78 is 37.2. The second-order valence-corrected chi connectivity index (χ2v) is 4.98. The highest BCUT2D eigenvalue weighted by Gasteiger charge is 2.02. The Morgan fingerprint density at radius 2 is 0.857 bits per heavy atom. The van der Waals surface area contributed by atoms with Gasteiger partial charge in [-0.05, 0) is 20.3 Å². The van der Waals surface area contributed by atoms with Crippen LogP contribution in [0, 0.1) is 0 Å². The molecule has 0 unspecified atom stereocenters. The van der Waals surface area contributed by atoms with Gasteiger partial charge in [0.05, 0.1) is 19.8 Å². The Bertz CT molecular complexity index is 328. The van der Waals surface area contributed by atoms with Crippen molar-refractivity contribution in [1.82, 2.24) is 0 Å². The molecular formula is C27H60O7S. The average Bonchev–Trinajstić information content (AvgIpc) is 2.94. The van der Waals surface area contributed by atoms with Crippen molar-refractivity contribution in [2.75, 3.05) is 33.0 Å². The van der Waals surface area contributed by atoms with Gasteiger partial charge in [-0.15, -0.1) is 92.1 Å². The monoisotopic (exact) mass is 528 g/mol. The Kier molecular flexibility index (Phi) is 220. The van der Waals surface area contributed by atoms with Crippen LogP contribution in [0.2, 0.25) is 0 Å². The third-order valence-corrected chi connectivity index (χ3v) is 2.45. The molecule has 0 saturated carbocycles. The molecule has 0 saturated heterocycles. The Hall–Kier alpha value is -2.07. The van der Waals surface area contributed by atoms with Gasteiger partial charge in [0.25, 0.3) is 0 Å². The number of hydrogen-bond donors (Lipinski definition) is 3. The quantitative estimate of drug-likeness (QED) is 0.154. The smallest absolute Gasteiger partial charge is 0.394 e. The van der Waals surface area contributed by atoms with Gasteiger partial charge in [-0.1, -0.05) is 32.6 Å². The molecule has 0 radical (unpaired) electrons. The van der Waals surface area contributed by atoms with Crippen LogP contribution in [0.3, 0.4) is 0 Å². The number of aliphatic hydroxyl groups is 2. The van der Waals surface area contributed by atoms with E-state index in [1.807, 2.05) is 13.8 Å². The van der Waals surface area contributed by atoms with Crippen molar-refractivity contribution in [3.05, 3.63) is 92.1 Å². The van der Waals surface area contributed by atoms with Crippen molar-refractivity contribution in [2.24, 2.45) is 0 Å². The summed E-state index contributed by atoms with van der Waals surface area (Å²) in [6.45, 7) is 49.6. The molecule has 0 fully saturated rings. The van der Waals surface area contributed by atoms with Crippen LogP contribution in [-0.2, 0) is 19.3 Å². The molecular weight excluding hydrogens is 468 g/mol. The van der Waals surface area contributed by atoms with Crippen molar-refractivity contribution in [3.8, 4) is 0 Å². The summed E-state index contributed by atoms with van der Waals surface area (Å²) in [6.07, 6.45) is 5.03. The highest BCUT2D eigenvalue weighted by molar-refractivity contribution is 7.80. The number of ether oxygens (including phenoxy) is 1. The first-order valence-electron chi connectivity index (χ1n) is 10.8. The predicted molar refractivity (Wildman–Crippen MR) is 161 cm³/mol. The lowest BCUT2D eigenvalue weighted by Gasteiger charge is -1.99. The summed E-state index contributed by atoms with van der Waals surface area (Å²) in [5, 5.41) is 15.2. The second-order valence-electron chi connectivity index (χ2n) is 3.89. The van der Waals surface area contributed by atoms with Crippen molar-refractivity contribution < 1.29 is 32.1 Å². The molecule has 0 aromatic carbocycles. The van der Waals surface area contributed by atoms with Gasteiger partial charge in [0.2, 0.25) is 0 Å². The summed E-state index contributed by atoms with van der Waals surface area (Å²) in [4.78, 5) is 0. The van der Waals surface area contributed by atoms with E-state index in [4.69, 9.17) is 19.5 Å². The van der Waals surface area contributed by atoms with Gasteiger partial charge in [-0.2, -0.15) is 8.42 Å². The summed E-state index contributed by atoms with van der Waals surface area (Å²) in [5.74, 6) is 0. The zero-order valence-corrected chi connectivity index (χ0v) is 24.2. The maximum Gasteiger partial charge on any atom is 0.397 e. The lowest BCUT2D eigenvalue weighted by Crippen LogP contribution is -2.04. The van der Waals surface area contributed by atoms with E-state index in [-0.39, 0.29) is 19.8 Å². The maximum atomic E-state index is 10.1. The predicted octanol–water partition coefficient (Wildman–Crippen LogP) is 7.41. The number of hydrogen-bond acceptors (Lipinski definition) is 6. The summed E-state index contributed by atoms with van der Waals surface area (Å²) in [6, 6.07) is 0. The standard InChI is InChI=1S/C7H16O4S.C4H10O.C2H6O2.7C2H4/c1-2-3-4-5-6-7-11-12(8,9)10;1-3-5-4-2;3-1-2-4;7*1-2/h2-7H2,1H3,(H,8,9,10);3-4H2,1-2H3;3-4H,1-2H2;7*1-2H2. The molecule has 216 valence electrons. The van der Waals surface area contributed by atoms with E-state index in [9.17, 15) is 8.42 Å². The van der Waals surface area contributed by atoms with Crippen LogP contribution in [0.15, 0.2) is 92.1 Å². The SMILES string of the molecule is C=C.C=C.C=C.C=C.C=C.C=C.C=C.CCCCCCCOS(=O)(=O)O.CCOCC.OCCO. The average molecular weight is 529 g/mol. The Labute approximate surface area is 220 Å². The van der Waals surface area contributed by atoms with Crippen LogP contribution in [0.5, 0.6) is 0 Å². The topological polar surface area (TPSA) is 113 Å². The minimum absolute atomic E-state index is 0.0859. The first kappa shape index (κ1) is 63.9. The van der Waals surface area contributed by atoms with E-state index < -0.39 is 10.4 Å². The third kappa shape index (κ3) is 290. The van der Waals surface area contributed by atoms with Crippen molar-refractivity contribution in [2.45, 2.75) is 52.9 Å². The van der Waals surface area contributed by atoms with E-state index >= 15 is 0 Å². The van der Waals surface area contributed by atoms with Crippen LogP contribution < -0.4 is 0 Å². The van der Waals surface area contributed by atoms with E-state index in [2.05, 4.69) is 103 Å². The first-order chi connectivity index (χ1) is 16.9. The van der Waals surface area contributed by atoms with Gasteiger partial charge >= 0.3 is 10.4 Å². The van der Waals surface area contributed by atoms with Crippen molar-refractivity contribution >= 4 is 10.4 Å². The molecule has 3 N–H and O–H groups in total. The van der Waals surface area contributed by atoms with Crippen LogP contribution in [0.1, 0.15) is 52.9 Å². The van der Waals surface area contributed by atoms with Gasteiger partial charge in [0, 0.05) is 13.2 Å². The molecule has 0 bridgehead atoms. The molecule has 0 heterocycles. The first-order valence-corrected chi connectivity index (χ1v) is 12.2. The molecule has 0 atom stereocenters. The number of unbranched alkanes of at least 4 members (excludes halogenated alkanes) is 4. The molecule has 7 nitrogen and oxygen atoms in total. The molecule has 8 heteroatoms. The minimum atomic E-state index is -4.22. The zero-order chi connectivity index (χ0) is 31.0. The van der Waals surface area contributed by atoms with Crippen LogP contribution >= 0.6 is 0 Å². The molecule has 0 aromatic rings. The summed E-state index contributed by atoms with van der Waals surface area (Å²) in [7, 11) is -4.22. The zero-order valence-electron chi connectivity index (χ0n) is 23.4. The molecule has 0 aromatic heterocycles. The molecule has 0 rings (SSSR count). The van der Waals surface area contributed by atoms with E-state index in [0.29, 0.717) is 6.42 Å². The fraction of sp³-hybridized carbons (Fsp3) is 0.481. The van der Waals surface area contributed by atoms with Crippen LogP contribution in [-0.4, -0.2) is 56.2 Å². The van der Waals surface area contributed by atoms with Crippen LogP contribution in [0.25, 0.3) is 0 Å². The van der Waals surface area contributed by atoms with E-state index in [0.717, 1.165) is 38.9 Å². The van der Waals surface area contributed by atoms with Crippen LogP contribution in [0.4, 0.5) is 0 Å². The Morgan fingerprint density at radius 3 is 1.03 bits per heavy atom. The molecule has 0 spiro atoms. The lowest BCUT2D eigenvalue weighted by molar-refractivity contribution is 0.162. The highest BCUT2D eigenvalue weighted by atomic mass is 32.3. The molecule has 0 amide bonds. The van der Waals surface area contributed by atoms with Crippen molar-refractivity contribution in [3.63, 3.8) is 0 Å². The molecule has 0 aliphatic carbocycles. The molecule has 0 aliphatic heterocycles. The fourth-order valence-corrected chi connectivity index (χ4v) is 1.40. The summed E-state index contributed by atoms with van der Waals surface area (Å²) >= 11 is 0. The van der Waals surface area contributed by atoms with Gasteiger partial charge in [-0.3, -0.25) is 4.55 Å². The molecule has 35 heavy (non-hydrogen) atoms.